The summed E-state index contributed by atoms with van der Waals surface area (Å²) in [5, 5.41) is 0. The average Bonchev–Trinajstić information content (AvgIpc) is 3.22. The molecule has 0 aromatic carbocycles. The first-order valence-electron chi connectivity index (χ1n) is 7.32. The molecule has 0 radical (unpaired) electrons. The molecule has 2 aliphatic carbocycles. The molecule has 0 aromatic heterocycles. The van der Waals surface area contributed by atoms with Gasteiger partial charge in [0.05, 0.1) is 24.3 Å². The zero-order chi connectivity index (χ0) is 12.8. The first-order valence-corrected chi connectivity index (χ1v) is 7.32. The number of hydrogen-bond donors (Lipinski definition) is 1. The lowest BCUT2D eigenvalue weighted by molar-refractivity contribution is -0.155. The molecule has 0 spiro atoms. The van der Waals surface area contributed by atoms with Gasteiger partial charge in [-0.1, -0.05) is 12.8 Å². The van der Waals surface area contributed by atoms with Gasteiger partial charge in [0.2, 0.25) is 5.91 Å². The lowest BCUT2D eigenvalue weighted by Crippen LogP contribution is -2.63. The Morgan fingerprint density at radius 3 is 2.72 bits per heavy atom. The van der Waals surface area contributed by atoms with E-state index < -0.39 is 5.54 Å². The predicted molar refractivity (Wildman–Crippen MR) is 69.0 cm³/mol. The van der Waals surface area contributed by atoms with Crippen LogP contribution in [-0.2, 0) is 9.53 Å². The molecule has 1 heterocycles. The molecule has 18 heavy (non-hydrogen) atoms. The summed E-state index contributed by atoms with van der Waals surface area (Å²) in [6, 6.07) is 0.279. The average molecular weight is 252 g/mol. The highest BCUT2D eigenvalue weighted by Gasteiger charge is 2.48. The molecule has 3 rings (SSSR count). The van der Waals surface area contributed by atoms with E-state index in [-0.39, 0.29) is 18.1 Å². The number of nitrogens with two attached hydrogens (primary N) is 1. The van der Waals surface area contributed by atoms with Crippen molar-refractivity contribution in [1.82, 2.24) is 4.90 Å². The number of carbonyl (C=O) groups is 1. The molecule has 0 aromatic rings. The fourth-order valence-corrected chi connectivity index (χ4v) is 3.52. The second-order valence-corrected chi connectivity index (χ2v) is 6.32. The summed E-state index contributed by atoms with van der Waals surface area (Å²) in [7, 11) is 0. The van der Waals surface area contributed by atoms with Crippen molar-refractivity contribution in [3.63, 3.8) is 0 Å². The zero-order valence-electron chi connectivity index (χ0n) is 11.2. The Labute approximate surface area is 109 Å². The van der Waals surface area contributed by atoms with E-state index in [1.54, 1.807) is 0 Å². The van der Waals surface area contributed by atoms with Crippen molar-refractivity contribution < 1.29 is 9.53 Å². The molecule has 3 aliphatic rings. The van der Waals surface area contributed by atoms with Crippen LogP contribution in [0.15, 0.2) is 0 Å². The van der Waals surface area contributed by atoms with Crippen molar-refractivity contribution in [3.8, 4) is 0 Å². The third-order valence-electron chi connectivity index (χ3n) is 4.88. The Balaban J connectivity index is 1.75. The third kappa shape index (κ3) is 2.05. The topological polar surface area (TPSA) is 55.6 Å². The van der Waals surface area contributed by atoms with Crippen molar-refractivity contribution >= 4 is 5.91 Å². The van der Waals surface area contributed by atoms with Crippen LogP contribution >= 0.6 is 0 Å². The number of fused-ring (bicyclic) bond motifs is 1. The maximum atomic E-state index is 12.7. The Kier molecular flexibility index (Phi) is 3.10. The quantitative estimate of drug-likeness (QED) is 0.805. The lowest BCUT2D eigenvalue weighted by Gasteiger charge is -2.46. The summed E-state index contributed by atoms with van der Waals surface area (Å²) in [4.78, 5) is 14.7. The molecule has 4 nitrogen and oxygen atoms in total. The van der Waals surface area contributed by atoms with Crippen molar-refractivity contribution in [1.29, 1.82) is 0 Å². The standard InChI is InChI=1S/C14H24N2O2/c1-14(15,10-6-7-10)13(17)16-8-9-18-12-5-3-2-4-11(12)16/h10-12H,2-9,15H2,1H3. The van der Waals surface area contributed by atoms with Gasteiger partial charge in [-0.15, -0.1) is 0 Å². The van der Waals surface area contributed by atoms with Gasteiger partial charge in [0.25, 0.3) is 0 Å². The Bertz CT molecular complexity index is 337. The Morgan fingerprint density at radius 2 is 2.00 bits per heavy atom. The maximum Gasteiger partial charge on any atom is 0.243 e. The number of rotatable bonds is 2. The van der Waals surface area contributed by atoms with Crippen molar-refractivity contribution in [2.24, 2.45) is 11.7 Å². The summed E-state index contributed by atoms with van der Waals surface area (Å²) in [5.74, 6) is 0.556. The van der Waals surface area contributed by atoms with Crippen molar-refractivity contribution in [3.05, 3.63) is 0 Å². The summed E-state index contributed by atoms with van der Waals surface area (Å²) < 4.78 is 5.82. The lowest BCUT2D eigenvalue weighted by atomic mass is 9.87. The molecule has 1 saturated heterocycles. The molecule has 4 heteroatoms. The zero-order valence-corrected chi connectivity index (χ0v) is 11.2. The van der Waals surface area contributed by atoms with Crippen LogP contribution in [0.2, 0.25) is 0 Å². The van der Waals surface area contributed by atoms with Crippen LogP contribution in [0, 0.1) is 5.92 Å². The number of carbonyl (C=O) groups excluding carboxylic acids is 1. The third-order valence-corrected chi connectivity index (χ3v) is 4.88. The Hall–Kier alpha value is -0.610. The van der Waals surface area contributed by atoms with E-state index in [2.05, 4.69) is 0 Å². The number of ether oxygens (including phenoxy) is 1. The van der Waals surface area contributed by atoms with Gasteiger partial charge in [-0.05, 0) is 38.5 Å². The van der Waals surface area contributed by atoms with Crippen LogP contribution in [0.4, 0.5) is 0 Å². The number of amides is 1. The van der Waals surface area contributed by atoms with E-state index >= 15 is 0 Å². The minimum absolute atomic E-state index is 0.158. The fourth-order valence-electron chi connectivity index (χ4n) is 3.52. The second-order valence-electron chi connectivity index (χ2n) is 6.32. The number of nitrogens with zero attached hydrogens (tertiary/aromatic N) is 1. The van der Waals surface area contributed by atoms with Gasteiger partial charge >= 0.3 is 0 Å². The van der Waals surface area contributed by atoms with Gasteiger partial charge < -0.3 is 15.4 Å². The van der Waals surface area contributed by atoms with Crippen LogP contribution < -0.4 is 5.73 Å². The molecule has 2 saturated carbocycles. The Morgan fingerprint density at radius 1 is 1.28 bits per heavy atom. The van der Waals surface area contributed by atoms with Crippen molar-refractivity contribution in [2.75, 3.05) is 13.2 Å². The minimum atomic E-state index is -0.653. The fraction of sp³-hybridized carbons (Fsp3) is 0.929. The van der Waals surface area contributed by atoms with E-state index in [9.17, 15) is 4.79 Å². The van der Waals surface area contributed by atoms with E-state index in [1.165, 1.54) is 12.8 Å². The summed E-state index contributed by atoms with van der Waals surface area (Å²) >= 11 is 0. The highest BCUT2D eigenvalue weighted by molar-refractivity contribution is 5.87. The molecule has 3 atom stereocenters. The van der Waals surface area contributed by atoms with Gasteiger partial charge in [0.15, 0.2) is 0 Å². The molecular weight excluding hydrogens is 228 g/mol. The van der Waals surface area contributed by atoms with Gasteiger partial charge in [-0.2, -0.15) is 0 Å². The van der Waals surface area contributed by atoms with E-state index in [0.717, 1.165) is 32.2 Å². The second kappa shape index (κ2) is 4.49. The molecule has 2 N–H and O–H groups in total. The van der Waals surface area contributed by atoms with Gasteiger partial charge in [-0.25, -0.2) is 0 Å². The van der Waals surface area contributed by atoms with Gasteiger partial charge in [-0.3, -0.25) is 4.79 Å². The SMILES string of the molecule is CC(N)(C(=O)N1CCOC2CCCCC21)C1CC1. The summed E-state index contributed by atoms with van der Waals surface area (Å²) in [5.41, 5.74) is 5.63. The van der Waals surface area contributed by atoms with E-state index in [1.807, 2.05) is 11.8 Å². The molecule has 102 valence electrons. The molecule has 1 amide bonds. The van der Waals surface area contributed by atoms with Crippen LogP contribution in [0.3, 0.4) is 0 Å². The van der Waals surface area contributed by atoms with Gasteiger partial charge in [0.1, 0.15) is 0 Å². The number of hydrogen-bond acceptors (Lipinski definition) is 3. The van der Waals surface area contributed by atoms with Crippen molar-refractivity contribution in [2.45, 2.75) is 63.1 Å². The van der Waals surface area contributed by atoms with E-state index in [4.69, 9.17) is 10.5 Å². The molecular formula is C14H24N2O2. The van der Waals surface area contributed by atoms with Crippen LogP contribution in [0.25, 0.3) is 0 Å². The maximum absolute atomic E-state index is 12.7. The van der Waals surface area contributed by atoms with Crippen LogP contribution in [0.5, 0.6) is 0 Å². The predicted octanol–water partition coefficient (Wildman–Crippen LogP) is 1.28. The molecule has 3 fully saturated rings. The van der Waals surface area contributed by atoms with Gasteiger partial charge in [0, 0.05) is 6.54 Å². The summed E-state index contributed by atoms with van der Waals surface area (Å²) in [6.45, 7) is 3.31. The van der Waals surface area contributed by atoms with Crippen LogP contribution in [0.1, 0.15) is 45.4 Å². The molecule has 1 aliphatic heterocycles. The number of morpholine rings is 1. The molecule has 3 unspecified atom stereocenters. The smallest absolute Gasteiger partial charge is 0.243 e. The first kappa shape index (κ1) is 12.4. The van der Waals surface area contributed by atoms with Crippen LogP contribution in [-0.4, -0.2) is 41.6 Å². The first-order chi connectivity index (χ1) is 8.60. The monoisotopic (exact) mass is 252 g/mol. The highest BCUT2D eigenvalue weighted by atomic mass is 16.5. The molecule has 0 bridgehead atoms. The highest BCUT2D eigenvalue weighted by Crippen LogP contribution is 2.40. The largest absolute Gasteiger partial charge is 0.374 e. The normalized spacial score (nSPS) is 35.8. The minimum Gasteiger partial charge on any atom is -0.374 e. The van der Waals surface area contributed by atoms with E-state index in [0.29, 0.717) is 12.5 Å². The summed E-state index contributed by atoms with van der Waals surface area (Å²) in [6.07, 6.45) is 7.08.